The number of ether oxygens (including phenoxy) is 1. The number of carbonyl (C=O) groups excluding carboxylic acids is 1. The molecule has 0 fully saturated rings. The number of nitrogens with two attached hydrogens (primary N) is 1. The van der Waals surface area contributed by atoms with E-state index in [0.29, 0.717) is 30.7 Å². The summed E-state index contributed by atoms with van der Waals surface area (Å²) in [7, 11) is 1.68. The summed E-state index contributed by atoms with van der Waals surface area (Å²) in [6.07, 6.45) is 0.427. The van der Waals surface area contributed by atoms with Gasteiger partial charge in [0.1, 0.15) is 6.10 Å². The van der Waals surface area contributed by atoms with Crippen LogP contribution in [0.4, 0.5) is 0 Å². The Balaban J connectivity index is 2.58. The fraction of sp³-hybridized carbons (Fsp3) is 0.786. The first-order chi connectivity index (χ1) is 9.85. The topological polar surface area (TPSA) is 94.5 Å². The van der Waals surface area contributed by atoms with Crippen LogP contribution in [-0.2, 0) is 16.1 Å². The minimum absolute atomic E-state index is 0.124. The lowest BCUT2D eigenvalue weighted by Gasteiger charge is -2.20. The molecule has 0 aliphatic rings. The number of amides is 1. The Morgan fingerprint density at radius 3 is 2.67 bits per heavy atom. The van der Waals surface area contributed by atoms with Gasteiger partial charge < -0.3 is 19.9 Å². The predicted molar refractivity (Wildman–Crippen MR) is 78.2 cm³/mol. The number of aromatic nitrogens is 2. The van der Waals surface area contributed by atoms with E-state index >= 15 is 0 Å². The molecule has 1 amide bonds. The van der Waals surface area contributed by atoms with Gasteiger partial charge in [-0.1, -0.05) is 19.0 Å². The summed E-state index contributed by atoms with van der Waals surface area (Å²) >= 11 is 0. The molecule has 21 heavy (non-hydrogen) atoms. The van der Waals surface area contributed by atoms with E-state index in [1.165, 1.54) is 4.90 Å². The highest BCUT2D eigenvalue weighted by atomic mass is 16.5. The SMILES string of the molecule is CCOC(C)c1noc(CN(C)C(=O)[C@@H](N)CC(C)C)n1. The van der Waals surface area contributed by atoms with Gasteiger partial charge in [-0.05, 0) is 26.2 Å². The molecule has 0 saturated heterocycles. The Labute approximate surface area is 125 Å². The van der Waals surface area contributed by atoms with Crippen molar-refractivity contribution < 1.29 is 14.1 Å². The molecule has 2 N–H and O–H groups in total. The third-order valence-electron chi connectivity index (χ3n) is 3.06. The molecule has 0 aliphatic carbocycles. The highest BCUT2D eigenvalue weighted by molar-refractivity contribution is 5.81. The van der Waals surface area contributed by atoms with Crippen molar-refractivity contribution in [3.8, 4) is 0 Å². The van der Waals surface area contributed by atoms with Crippen molar-refractivity contribution in [2.45, 2.75) is 52.8 Å². The molecule has 0 radical (unpaired) electrons. The monoisotopic (exact) mass is 298 g/mol. The molecule has 0 aliphatic heterocycles. The highest BCUT2D eigenvalue weighted by Gasteiger charge is 2.21. The average Bonchev–Trinajstić information content (AvgIpc) is 2.85. The predicted octanol–water partition coefficient (Wildman–Crippen LogP) is 1.50. The molecule has 1 unspecified atom stereocenters. The van der Waals surface area contributed by atoms with Gasteiger partial charge in [0.05, 0.1) is 12.6 Å². The Morgan fingerprint density at radius 2 is 2.10 bits per heavy atom. The van der Waals surface area contributed by atoms with E-state index in [0.717, 1.165) is 0 Å². The largest absolute Gasteiger partial charge is 0.371 e. The Bertz CT molecular complexity index is 447. The molecule has 2 atom stereocenters. The summed E-state index contributed by atoms with van der Waals surface area (Å²) in [4.78, 5) is 17.9. The first kappa shape index (κ1) is 17.6. The maximum atomic E-state index is 12.1. The molecule has 0 spiro atoms. The van der Waals surface area contributed by atoms with Crippen molar-refractivity contribution in [1.29, 1.82) is 0 Å². The average molecular weight is 298 g/mol. The highest BCUT2D eigenvalue weighted by Crippen LogP contribution is 2.14. The van der Waals surface area contributed by atoms with E-state index in [1.807, 2.05) is 27.7 Å². The zero-order valence-electron chi connectivity index (χ0n) is 13.5. The molecule has 0 saturated carbocycles. The van der Waals surface area contributed by atoms with Gasteiger partial charge in [-0.2, -0.15) is 4.98 Å². The number of nitrogens with zero attached hydrogens (tertiary/aromatic N) is 3. The Kier molecular flexibility index (Phi) is 6.77. The van der Waals surface area contributed by atoms with Gasteiger partial charge >= 0.3 is 0 Å². The normalized spacial score (nSPS) is 14.2. The van der Waals surface area contributed by atoms with Crippen LogP contribution >= 0.6 is 0 Å². The molecule has 0 bridgehead atoms. The number of carbonyl (C=O) groups is 1. The van der Waals surface area contributed by atoms with Gasteiger partial charge in [0.15, 0.2) is 5.82 Å². The second kappa shape index (κ2) is 8.09. The number of likely N-dealkylation sites (N-methyl/N-ethyl adjacent to an activating group) is 1. The lowest BCUT2D eigenvalue weighted by Crippen LogP contribution is -2.42. The summed E-state index contributed by atoms with van der Waals surface area (Å²) in [6, 6.07) is -0.500. The zero-order valence-corrected chi connectivity index (χ0v) is 13.5. The standard InChI is InChI=1S/C14H26N4O3/c1-6-20-10(4)13-16-12(21-17-13)8-18(5)14(19)11(15)7-9(2)3/h9-11H,6-8,15H2,1-5H3/t10?,11-/m0/s1. The Hall–Kier alpha value is -1.47. The van der Waals surface area contributed by atoms with Crippen molar-refractivity contribution in [3.63, 3.8) is 0 Å². The second-order valence-corrected chi connectivity index (χ2v) is 5.57. The molecule has 1 aromatic rings. The quantitative estimate of drug-likeness (QED) is 0.781. The van der Waals surface area contributed by atoms with Crippen molar-refractivity contribution in [1.82, 2.24) is 15.0 Å². The first-order valence-corrected chi connectivity index (χ1v) is 7.29. The molecule has 120 valence electrons. The lowest BCUT2D eigenvalue weighted by atomic mass is 10.0. The van der Waals surface area contributed by atoms with Crippen LogP contribution in [-0.4, -0.2) is 40.6 Å². The van der Waals surface area contributed by atoms with Crippen LogP contribution in [0.25, 0.3) is 0 Å². The summed E-state index contributed by atoms with van der Waals surface area (Å²) in [5.41, 5.74) is 5.89. The maximum absolute atomic E-state index is 12.1. The first-order valence-electron chi connectivity index (χ1n) is 7.29. The van der Waals surface area contributed by atoms with Crippen LogP contribution in [0.1, 0.15) is 51.9 Å². The minimum atomic E-state index is -0.500. The lowest BCUT2D eigenvalue weighted by molar-refractivity contribution is -0.132. The smallest absolute Gasteiger partial charge is 0.246 e. The summed E-state index contributed by atoms with van der Waals surface area (Å²) in [6.45, 7) is 8.65. The van der Waals surface area contributed by atoms with Gasteiger partial charge in [0, 0.05) is 13.7 Å². The maximum Gasteiger partial charge on any atom is 0.246 e. The van der Waals surface area contributed by atoms with Crippen LogP contribution in [0.5, 0.6) is 0 Å². The second-order valence-electron chi connectivity index (χ2n) is 5.57. The van der Waals surface area contributed by atoms with Gasteiger partial charge in [-0.15, -0.1) is 0 Å². The van der Waals surface area contributed by atoms with Gasteiger partial charge in [0.2, 0.25) is 11.8 Å². The molecule has 1 aromatic heterocycles. The fourth-order valence-electron chi connectivity index (χ4n) is 1.99. The van der Waals surface area contributed by atoms with E-state index in [-0.39, 0.29) is 18.6 Å². The molecule has 0 aromatic carbocycles. The fourth-order valence-corrected chi connectivity index (χ4v) is 1.99. The van der Waals surface area contributed by atoms with Crippen LogP contribution < -0.4 is 5.73 Å². The van der Waals surface area contributed by atoms with E-state index in [4.69, 9.17) is 15.0 Å². The van der Waals surface area contributed by atoms with Gasteiger partial charge in [0.25, 0.3) is 0 Å². The third-order valence-corrected chi connectivity index (χ3v) is 3.06. The minimum Gasteiger partial charge on any atom is -0.371 e. The zero-order chi connectivity index (χ0) is 16.0. The summed E-state index contributed by atoms with van der Waals surface area (Å²) in [5, 5.41) is 3.86. The van der Waals surface area contributed by atoms with Crippen LogP contribution in [0, 0.1) is 5.92 Å². The van der Waals surface area contributed by atoms with Crippen molar-refractivity contribution >= 4 is 5.91 Å². The molecule has 7 heteroatoms. The van der Waals surface area contributed by atoms with E-state index in [9.17, 15) is 4.79 Å². The summed E-state index contributed by atoms with van der Waals surface area (Å²) < 4.78 is 10.5. The number of rotatable bonds is 8. The van der Waals surface area contributed by atoms with Crippen molar-refractivity contribution in [2.24, 2.45) is 11.7 Å². The molecular weight excluding hydrogens is 272 g/mol. The Morgan fingerprint density at radius 1 is 1.43 bits per heavy atom. The molecule has 7 nitrogen and oxygen atoms in total. The number of hydrogen-bond acceptors (Lipinski definition) is 6. The third kappa shape index (κ3) is 5.43. The van der Waals surface area contributed by atoms with Gasteiger partial charge in [-0.25, -0.2) is 0 Å². The summed E-state index contributed by atoms with van der Waals surface area (Å²) in [5.74, 6) is 1.11. The van der Waals surface area contributed by atoms with E-state index in [1.54, 1.807) is 7.05 Å². The van der Waals surface area contributed by atoms with Crippen LogP contribution in [0.3, 0.4) is 0 Å². The van der Waals surface area contributed by atoms with E-state index < -0.39 is 6.04 Å². The van der Waals surface area contributed by atoms with E-state index in [2.05, 4.69) is 10.1 Å². The van der Waals surface area contributed by atoms with Gasteiger partial charge in [-0.3, -0.25) is 4.79 Å². The van der Waals surface area contributed by atoms with Crippen molar-refractivity contribution in [2.75, 3.05) is 13.7 Å². The molecule has 1 heterocycles. The molecular formula is C14H26N4O3. The molecule has 1 rings (SSSR count). The van der Waals surface area contributed by atoms with Crippen LogP contribution in [0.15, 0.2) is 4.52 Å². The van der Waals surface area contributed by atoms with Crippen LogP contribution in [0.2, 0.25) is 0 Å². The van der Waals surface area contributed by atoms with Crippen molar-refractivity contribution in [3.05, 3.63) is 11.7 Å². The number of hydrogen-bond donors (Lipinski definition) is 1.